The maximum Gasteiger partial charge on any atom is 0.306 e. The minimum Gasteiger partial charge on any atom is -0.756 e. The largest absolute Gasteiger partial charge is 0.756 e. The van der Waals surface area contributed by atoms with E-state index >= 15 is 0 Å². The molecule has 9 nitrogen and oxygen atoms in total. The third-order valence-electron chi connectivity index (χ3n) is 18.2. The van der Waals surface area contributed by atoms with Crippen molar-refractivity contribution in [3.63, 3.8) is 0 Å². The van der Waals surface area contributed by atoms with Gasteiger partial charge in [-0.25, -0.2) is 0 Å². The lowest BCUT2D eigenvalue weighted by Gasteiger charge is -2.28. The molecule has 0 aliphatic carbocycles. The van der Waals surface area contributed by atoms with E-state index < -0.39 is 26.5 Å². The van der Waals surface area contributed by atoms with Crippen LogP contribution in [0, 0.1) is 0 Å². The van der Waals surface area contributed by atoms with Crippen molar-refractivity contribution in [3.8, 4) is 0 Å². The minimum absolute atomic E-state index is 0.0287. The van der Waals surface area contributed by atoms with E-state index in [1.54, 1.807) is 0 Å². The lowest BCUT2D eigenvalue weighted by Crippen LogP contribution is -2.37. The summed E-state index contributed by atoms with van der Waals surface area (Å²) >= 11 is 0. The molecule has 0 aromatic rings. The fourth-order valence-corrected chi connectivity index (χ4v) is 12.8. The average Bonchev–Trinajstić information content (AvgIpc) is 1.56. The Kier molecular flexibility index (Phi) is 72.6. The highest BCUT2D eigenvalue weighted by Crippen LogP contribution is 2.38. The predicted octanol–water partition coefficient (Wildman–Crippen LogP) is 26.4. The summed E-state index contributed by atoms with van der Waals surface area (Å²) in [5.41, 5.74) is 0. The van der Waals surface area contributed by atoms with Crippen molar-refractivity contribution in [2.45, 2.75) is 405 Å². The van der Waals surface area contributed by atoms with Crippen molar-refractivity contribution in [3.05, 3.63) is 72.9 Å². The number of esters is 2. The van der Waals surface area contributed by atoms with Crippen LogP contribution in [0.15, 0.2) is 72.9 Å². The highest BCUT2D eigenvalue weighted by atomic mass is 31.2. The van der Waals surface area contributed by atoms with Crippen molar-refractivity contribution in [1.29, 1.82) is 0 Å². The molecule has 0 aliphatic heterocycles. The minimum atomic E-state index is -4.64. The van der Waals surface area contributed by atoms with Gasteiger partial charge >= 0.3 is 11.9 Å². The van der Waals surface area contributed by atoms with Gasteiger partial charge in [0.15, 0.2) is 6.10 Å². The second-order valence-electron chi connectivity index (χ2n) is 28.8. The van der Waals surface area contributed by atoms with E-state index in [0.717, 1.165) is 64.2 Å². The molecule has 10 heteroatoms. The molecule has 0 saturated heterocycles. The van der Waals surface area contributed by atoms with Crippen molar-refractivity contribution in [2.24, 2.45) is 0 Å². The standard InChI is InChI=1S/C84H156NO8P/c1-6-8-10-12-14-16-18-20-22-24-26-28-30-32-34-36-38-39-40-41-42-43-44-45-47-49-51-53-55-57-59-61-63-65-67-69-71-73-75-77-84(87)93-82(81-92-94(88,89)91-79-78-85(3,4)5)80-90-83(86)76-74-72-70-68-66-64-62-60-58-56-54-52-50-48-46-37-35-33-31-29-27-25-23-21-19-17-15-13-11-9-7-2/h8,10,14,16,19-22,25-28,82H,6-7,9,11-13,15,17-18,23-24,29-81H2,1-5H3/b10-8-,16-14-,21-19-,22-20-,27-25-,28-26-. The molecular weight excluding hydrogens is 1180 g/mol. The van der Waals surface area contributed by atoms with Crippen LogP contribution in [0.1, 0.15) is 399 Å². The van der Waals surface area contributed by atoms with Gasteiger partial charge < -0.3 is 27.9 Å². The molecule has 0 rings (SSSR count). The molecule has 94 heavy (non-hydrogen) atoms. The van der Waals surface area contributed by atoms with E-state index in [0.29, 0.717) is 17.4 Å². The Labute approximate surface area is 584 Å². The van der Waals surface area contributed by atoms with E-state index in [2.05, 4.69) is 86.8 Å². The van der Waals surface area contributed by atoms with Gasteiger partial charge in [0.25, 0.3) is 7.82 Å². The van der Waals surface area contributed by atoms with Gasteiger partial charge in [0.05, 0.1) is 27.7 Å². The molecule has 0 N–H and O–H groups in total. The Hall–Kier alpha value is -2.55. The van der Waals surface area contributed by atoms with Gasteiger partial charge in [0, 0.05) is 12.8 Å². The van der Waals surface area contributed by atoms with Crippen LogP contribution in [-0.2, 0) is 32.7 Å². The summed E-state index contributed by atoms with van der Waals surface area (Å²) < 4.78 is 34.4. The zero-order chi connectivity index (χ0) is 68.3. The van der Waals surface area contributed by atoms with E-state index in [9.17, 15) is 19.0 Å². The molecule has 0 fully saturated rings. The van der Waals surface area contributed by atoms with E-state index in [4.69, 9.17) is 18.5 Å². The average molecular weight is 1340 g/mol. The number of ether oxygens (including phenoxy) is 2. The van der Waals surface area contributed by atoms with Crippen LogP contribution in [0.3, 0.4) is 0 Å². The monoisotopic (exact) mass is 1340 g/mol. The van der Waals surface area contributed by atoms with Gasteiger partial charge in [-0.2, -0.15) is 0 Å². The fraction of sp³-hybridized carbons (Fsp3) is 0.833. The summed E-state index contributed by atoms with van der Waals surface area (Å²) in [4.78, 5) is 38.2. The maximum absolute atomic E-state index is 12.9. The summed E-state index contributed by atoms with van der Waals surface area (Å²) in [6, 6.07) is 0. The molecular formula is C84H156NO8P. The number of phosphoric ester groups is 1. The highest BCUT2D eigenvalue weighted by molar-refractivity contribution is 7.45. The van der Waals surface area contributed by atoms with Crippen molar-refractivity contribution < 1.29 is 42.1 Å². The molecule has 0 bridgehead atoms. The normalized spacial score (nSPS) is 13.4. The van der Waals surface area contributed by atoms with E-state index in [1.165, 1.54) is 302 Å². The van der Waals surface area contributed by atoms with Crippen LogP contribution in [-0.4, -0.2) is 70.0 Å². The first-order valence-electron chi connectivity index (χ1n) is 40.6. The number of likely N-dealkylation sites (N-methyl/N-ethyl adjacent to an activating group) is 1. The number of nitrogens with zero attached hydrogens (tertiary/aromatic N) is 1. The number of phosphoric acid groups is 1. The lowest BCUT2D eigenvalue weighted by molar-refractivity contribution is -0.870. The highest BCUT2D eigenvalue weighted by Gasteiger charge is 2.22. The summed E-state index contributed by atoms with van der Waals surface area (Å²) in [6.45, 7) is 4.19. The molecule has 0 aromatic heterocycles. The summed E-state index contributed by atoms with van der Waals surface area (Å²) in [6.07, 6.45) is 102. The van der Waals surface area contributed by atoms with Gasteiger partial charge in [0.1, 0.15) is 19.8 Å². The van der Waals surface area contributed by atoms with Gasteiger partial charge in [-0.3, -0.25) is 14.2 Å². The topological polar surface area (TPSA) is 111 Å². The number of allylic oxidation sites excluding steroid dienone is 12. The first-order valence-corrected chi connectivity index (χ1v) is 42.1. The number of carbonyl (C=O) groups is 2. The number of hydrogen-bond acceptors (Lipinski definition) is 8. The summed E-state index contributed by atoms with van der Waals surface area (Å²) in [5.74, 6) is -0.810. The molecule has 550 valence electrons. The van der Waals surface area contributed by atoms with E-state index in [1.807, 2.05) is 21.1 Å². The second kappa shape index (κ2) is 74.7. The number of quaternary nitrogens is 1. The first-order chi connectivity index (χ1) is 46.0. The first kappa shape index (κ1) is 91.4. The summed E-state index contributed by atoms with van der Waals surface area (Å²) in [7, 11) is 1.19. The molecule has 0 radical (unpaired) electrons. The van der Waals surface area contributed by atoms with Gasteiger partial charge in [-0.1, -0.05) is 376 Å². The Morgan fingerprint density at radius 3 is 0.904 bits per heavy atom. The zero-order valence-electron chi connectivity index (χ0n) is 62.9. The van der Waals surface area contributed by atoms with Crippen LogP contribution in [0.2, 0.25) is 0 Å². The molecule has 2 atom stereocenters. The maximum atomic E-state index is 12.9. The molecule has 0 amide bonds. The molecule has 0 aliphatic rings. The van der Waals surface area contributed by atoms with Crippen molar-refractivity contribution in [1.82, 2.24) is 0 Å². The zero-order valence-corrected chi connectivity index (χ0v) is 63.8. The van der Waals surface area contributed by atoms with Gasteiger partial charge in [-0.05, 0) is 83.5 Å². The number of rotatable bonds is 76. The fourth-order valence-electron chi connectivity index (χ4n) is 12.0. The quantitative estimate of drug-likeness (QED) is 0.0195. The molecule has 0 spiro atoms. The molecule has 2 unspecified atom stereocenters. The van der Waals surface area contributed by atoms with E-state index in [-0.39, 0.29) is 32.0 Å². The smallest absolute Gasteiger partial charge is 0.306 e. The Morgan fingerprint density at radius 2 is 0.606 bits per heavy atom. The molecule has 0 aromatic carbocycles. The number of carbonyl (C=O) groups excluding carboxylic acids is 2. The van der Waals surface area contributed by atoms with Gasteiger partial charge in [-0.15, -0.1) is 0 Å². The van der Waals surface area contributed by atoms with Crippen LogP contribution in [0.25, 0.3) is 0 Å². The van der Waals surface area contributed by atoms with Crippen LogP contribution < -0.4 is 4.89 Å². The van der Waals surface area contributed by atoms with Crippen LogP contribution in [0.5, 0.6) is 0 Å². The van der Waals surface area contributed by atoms with Crippen LogP contribution in [0.4, 0.5) is 0 Å². The third-order valence-corrected chi connectivity index (χ3v) is 19.2. The Morgan fingerprint density at radius 1 is 0.340 bits per heavy atom. The van der Waals surface area contributed by atoms with Gasteiger partial charge in [0.2, 0.25) is 0 Å². The van der Waals surface area contributed by atoms with Crippen LogP contribution >= 0.6 is 7.82 Å². The SMILES string of the molecule is CC/C=C\C/C=C\C/C=C\C/C=C\CCCCCCCCCCCCCCCCCCCCCCCCCCCCC(=O)OC(COC(=O)CCCCCCCCCCCCCCCCCCCCC/C=C\C/C=C\CCCCCCC)COP(=O)([O-])OCC[N+](C)(C)C. The van der Waals surface area contributed by atoms with Crippen molar-refractivity contribution in [2.75, 3.05) is 47.5 Å². The lowest BCUT2D eigenvalue weighted by atomic mass is 10.0. The Bertz CT molecular complexity index is 1820. The number of unbranched alkanes of at least 4 members (excludes halogenated alkanes) is 50. The van der Waals surface area contributed by atoms with Crippen molar-refractivity contribution >= 4 is 19.8 Å². The molecule has 0 heterocycles. The number of hydrogen-bond donors (Lipinski definition) is 0. The summed E-state index contributed by atoms with van der Waals surface area (Å²) in [5, 5.41) is 0. The second-order valence-corrected chi connectivity index (χ2v) is 30.2. The Balaban J connectivity index is 3.90. The molecule has 0 saturated carbocycles. The predicted molar refractivity (Wildman–Crippen MR) is 406 cm³/mol. The third kappa shape index (κ3) is 78.4.